The molecule has 1 heterocycles. The monoisotopic (exact) mass is 181 g/mol. The molecule has 4 heteroatoms. The van der Waals surface area contributed by atoms with E-state index in [1.165, 1.54) is 12.3 Å². The molecule has 0 bridgehead atoms. The van der Waals surface area contributed by atoms with Gasteiger partial charge < -0.3 is 4.42 Å². The number of hydrogen-bond acceptors (Lipinski definition) is 3. The highest BCUT2D eigenvalue weighted by molar-refractivity contribution is 5.48. The minimum atomic E-state index is -0.387. The number of allylic oxidation sites excluding steroid dienone is 1. The lowest BCUT2D eigenvalue weighted by Gasteiger charge is -1.92. The zero-order valence-corrected chi connectivity index (χ0v) is 7.61. The predicted octanol–water partition coefficient (Wildman–Crippen LogP) is 2.62. The summed E-state index contributed by atoms with van der Waals surface area (Å²) in [5.74, 6) is 0.563. The Bertz CT molecular complexity index is 338. The van der Waals surface area contributed by atoms with Gasteiger partial charge in [-0.2, -0.15) is 0 Å². The number of furan rings is 1. The average Bonchev–Trinajstić information content (AvgIpc) is 2.46. The molecule has 1 aromatic heterocycles. The molecule has 0 radical (unpaired) electrons. The Balaban J connectivity index is 2.98. The molecule has 0 aromatic carbocycles. The second-order valence-electron chi connectivity index (χ2n) is 2.71. The van der Waals surface area contributed by atoms with Crippen molar-refractivity contribution in [3.8, 4) is 0 Å². The Labute approximate surface area is 76.0 Å². The topological polar surface area (TPSA) is 56.3 Å². The number of rotatable bonds is 3. The van der Waals surface area contributed by atoms with Crippen LogP contribution in [0.2, 0.25) is 0 Å². The first-order valence-electron chi connectivity index (χ1n) is 4.04. The fraction of sp³-hybridized carbons (Fsp3) is 0.333. The molecule has 0 saturated carbocycles. The molecule has 13 heavy (non-hydrogen) atoms. The van der Waals surface area contributed by atoms with Crippen LogP contribution in [0.3, 0.4) is 0 Å². The Morgan fingerprint density at radius 1 is 1.77 bits per heavy atom. The smallest absolute Gasteiger partial charge is 0.249 e. The van der Waals surface area contributed by atoms with Crippen LogP contribution in [-0.4, -0.2) is 4.92 Å². The zero-order valence-electron chi connectivity index (χ0n) is 7.61. The van der Waals surface area contributed by atoms with Crippen molar-refractivity contribution in [1.29, 1.82) is 0 Å². The van der Waals surface area contributed by atoms with Crippen molar-refractivity contribution in [2.24, 2.45) is 0 Å². The number of hydrogen-bond donors (Lipinski definition) is 0. The largest absolute Gasteiger partial charge is 0.464 e. The van der Waals surface area contributed by atoms with Crippen molar-refractivity contribution in [1.82, 2.24) is 0 Å². The Kier molecular flexibility index (Phi) is 2.84. The van der Waals surface area contributed by atoms with Gasteiger partial charge in [0.1, 0.15) is 5.76 Å². The van der Waals surface area contributed by atoms with Crippen LogP contribution in [0.5, 0.6) is 0 Å². The zero-order chi connectivity index (χ0) is 9.84. The van der Waals surface area contributed by atoms with Crippen molar-refractivity contribution < 1.29 is 9.34 Å². The third-order valence-corrected chi connectivity index (χ3v) is 1.80. The number of aryl methyl sites for hydroxylation is 1. The minimum Gasteiger partial charge on any atom is -0.464 e. The van der Waals surface area contributed by atoms with Crippen LogP contribution in [-0.2, 0) is 0 Å². The average molecular weight is 181 g/mol. The van der Waals surface area contributed by atoms with Crippen molar-refractivity contribution in [3.05, 3.63) is 39.5 Å². The Morgan fingerprint density at radius 2 is 2.46 bits per heavy atom. The molecule has 4 nitrogen and oxygen atoms in total. The van der Waals surface area contributed by atoms with Gasteiger partial charge in [0.25, 0.3) is 0 Å². The molecule has 0 aliphatic heterocycles. The summed E-state index contributed by atoms with van der Waals surface area (Å²) in [6.45, 7) is 3.59. The molecular weight excluding hydrogens is 170 g/mol. The fourth-order valence-electron chi connectivity index (χ4n) is 0.968. The van der Waals surface area contributed by atoms with E-state index >= 15 is 0 Å². The van der Waals surface area contributed by atoms with E-state index in [9.17, 15) is 10.1 Å². The van der Waals surface area contributed by atoms with Gasteiger partial charge in [0.2, 0.25) is 5.70 Å². The van der Waals surface area contributed by atoms with Crippen LogP contribution in [0.1, 0.15) is 24.7 Å². The summed E-state index contributed by atoms with van der Waals surface area (Å²) >= 11 is 0. The minimum absolute atomic E-state index is 0.165. The number of nitro groups is 1. The van der Waals surface area contributed by atoms with Crippen LogP contribution < -0.4 is 0 Å². The Hall–Kier alpha value is -1.58. The van der Waals surface area contributed by atoms with E-state index in [1.54, 1.807) is 13.0 Å². The number of nitrogens with zero attached hydrogens (tertiary/aromatic N) is 1. The van der Waals surface area contributed by atoms with Crippen LogP contribution >= 0.6 is 0 Å². The molecule has 0 N–H and O–H groups in total. The van der Waals surface area contributed by atoms with E-state index in [1.807, 2.05) is 6.92 Å². The highest BCUT2D eigenvalue weighted by atomic mass is 16.6. The molecule has 0 aliphatic carbocycles. The van der Waals surface area contributed by atoms with E-state index in [2.05, 4.69) is 0 Å². The molecular formula is C9H11NO3. The quantitative estimate of drug-likeness (QED) is 0.532. The van der Waals surface area contributed by atoms with Crippen molar-refractivity contribution in [2.45, 2.75) is 20.3 Å². The molecule has 0 aliphatic rings. The summed E-state index contributed by atoms with van der Waals surface area (Å²) in [4.78, 5) is 10.1. The lowest BCUT2D eigenvalue weighted by atomic mass is 10.2. The molecule has 0 saturated heterocycles. The maximum Gasteiger partial charge on any atom is 0.249 e. The van der Waals surface area contributed by atoms with Gasteiger partial charge >= 0.3 is 0 Å². The first-order chi connectivity index (χ1) is 6.15. The standard InChI is InChI=1S/C9H11NO3/c1-3-8(10(11)12)6-9-7(2)4-5-13-9/h4-6H,3H2,1-2H3/b8-6-. The predicted molar refractivity (Wildman–Crippen MR) is 48.7 cm³/mol. The first-order valence-corrected chi connectivity index (χ1v) is 4.04. The van der Waals surface area contributed by atoms with E-state index in [-0.39, 0.29) is 10.6 Å². The van der Waals surface area contributed by atoms with E-state index < -0.39 is 0 Å². The molecule has 70 valence electrons. The van der Waals surface area contributed by atoms with Crippen LogP contribution in [0, 0.1) is 17.0 Å². The maximum absolute atomic E-state index is 10.5. The summed E-state index contributed by atoms with van der Waals surface area (Å²) in [6, 6.07) is 1.78. The second kappa shape index (κ2) is 3.89. The third-order valence-electron chi connectivity index (χ3n) is 1.80. The third kappa shape index (κ3) is 2.18. The second-order valence-corrected chi connectivity index (χ2v) is 2.71. The summed E-state index contributed by atoms with van der Waals surface area (Å²) in [5, 5.41) is 10.5. The SMILES string of the molecule is CC/C(=C/c1occc1C)[N+](=O)[O-]. The van der Waals surface area contributed by atoms with Crippen LogP contribution in [0.15, 0.2) is 22.4 Å². The van der Waals surface area contributed by atoms with Gasteiger partial charge in [0.15, 0.2) is 0 Å². The maximum atomic E-state index is 10.5. The lowest BCUT2D eigenvalue weighted by molar-refractivity contribution is -0.425. The highest BCUT2D eigenvalue weighted by Gasteiger charge is 2.09. The van der Waals surface area contributed by atoms with Crippen LogP contribution in [0.4, 0.5) is 0 Å². The van der Waals surface area contributed by atoms with Crippen LogP contribution in [0.25, 0.3) is 6.08 Å². The van der Waals surface area contributed by atoms with Crippen molar-refractivity contribution in [2.75, 3.05) is 0 Å². The molecule has 1 aromatic rings. The normalized spacial score (nSPS) is 11.7. The van der Waals surface area contributed by atoms with Gasteiger partial charge in [-0.3, -0.25) is 10.1 Å². The summed E-state index contributed by atoms with van der Waals surface area (Å²) in [5.41, 5.74) is 1.07. The molecule has 0 unspecified atom stereocenters. The van der Waals surface area contributed by atoms with E-state index in [0.717, 1.165) is 5.56 Å². The summed E-state index contributed by atoms with van der Waals surface area (Å²) in [6.07, 6.45) is 3.39. The summed E-state index contributed by atoms with van der Waals surface area (Å²) in [7, 11) is 0. The summed E-state index contributed by atoms with van der Waals surface area (Å²) < 4.78 is 5.07. The molecule has 0 spiro atoms. The van der Waals surface area contributed by atoms with Gasteiger partial charge in [-0.1, -0.05) is 6.92 Å². The fourth-order valence-corrected chi connectivity index (χ4v) is 0.968. The first kappa shape index (κ1) is 9.51. The molecule has 0 amide bonds. The molecule has 1 rings (SSSR count). The molecule has 0 fully saturated rings. The van der Waals surface area contributed by atoms with Gasteiger partial charge in [-0.05, 0) is 18.6 Å². The molecule has 0 atom stereocenters. The van der Waals surface area contributed by atoms with Gasteiger partial charge in [-0.15, -0.1) is 0 Å². The van der Waals surface area contributed by atoms with Crippen molar-refractivity contribution in [3.63, 3.8) is 0 Å². The Morgan fingerprint density at radius 3 is 2.85 bits per heavy atom. The lowest BCUT2D eigenvalue weighted by Crippen LogP contribution is -1.96. The van der Waals surface area contributed by atoms with Crippen molar-refractivity contribution >= 4 is 6.08 Å². The van der Waals surface area contributed by atoms with Gasteiger partial charge in [0, 0.05) is 6.42 Å². The van der Waals surface area contributed by atoms with E-state index in [0.29, 0.717) is 12.2 Å². The highest BCUT2D eigenvalue weighted by Crippen LogP contribution is 2.15. The van der Waals surface area contributed by atoms with E-state index in [4.69, 9.17) is 4.42 Å². The van der Waals surface area contributed by atoms with Gasteiger partial charge in [0.05, 0.1) is 17.3 Å². The van der Waals surface area contributed by atoms with Gasteiger partial charge in [-0.25, -0.2) is 0 Å².